The SMILES string of the molecule is CCOC(=O)NC1CCCCC(N2CCC3(CC2)CN(C(=O)O[C@@H]2CCOC2)c2ccc(F)cc23)C1.[HH]. The predicted octanol–water partition coefficient (Wildman–Crippen LogP) is 4.60. The summed E-state index contributed by atoms with van der Waals surface area (Å²) in [7, 11) is 0. The van der Waals surface area contributed by atoms with Crippen LogP contribution >= 0.6 is 0 Å². The number of ether oxygens (including phenoxy) is 3. The van der Waals surface area contributed by atoms with Crippen LogP contribution in [0.3, 0.4) is 0 Å². The number of benzene rings is 1. The smallest absolute Gasteiger partial charge is 0.414 e. The van der Waals surface area contributed by atoms with Gasteiger partial charge in [0.05, 0.1) is 25.5 Å². The van der Waals surface area contributed by atoms with Gasteiger partial charge in [0.2, 0.25) is 0 Å². The number of nitrogens with zero attached hydrogens (tertiary/aromatic N) is 2. The molecule has 2 amide bonds. The molecule has 4 aliphatic rings. The van der Waals surface area contributed by atoms with E-state index in [9.17, 15) is 14.0 Å². The predicted molar refractivity (Wildman–Crippen MR) is 135 cm³/mol. The maximum atomic E-state index is 14.4. The van der Waals surface area contributed by atoms with Crippen molar-refractivity contribution < 1.29 is 29.6 Å². The highest BCUT2D eigenvalue weighted by atomic mass is 19.1. The van der Waals surface area contributed by atoms with E-state index in [4.69, 9.17) is 14.2 Å². The molecule has 0 bridgehead atoms. The summed E-state index contributed by atoms with van der Waals surface area (Å²) in [6.07, 6.45) is 6.75. The third-order valence-electron chi connectivity index (χ3n) is 8.42. The lowest BCUT2D eigenvalue weighted by atomic mass is 9.74. The van der Waals surface area contributed by atoms with Gasteiger partial charge in [0.25, 0.3) is 0 Å². The molecular formula is C27H40FN3O5. The Morgan fingerprint density at radius 2 is 2.03 bits per heavy atom. The molecule has 3 aliphatic heterocycles. The lowest BCUT2D eigenvalue weighted by molar-refractivity contribution is 0.0842. The molecule has 9 heteroatoms. The van der Waals surface area contributed by atoms with Gasteiger partial charge < -0.3 is 24.4 Å². The van der Waals surface area contributed by atoms with E-state index in [2.05, 4.69) is 10.2 Å². The summed E-state index contributed by atoms with van der Waals surface area (Å²) in [6.45, 7) is 5.51. The number of hydrogen-bond donors (Lipinski definition) is 1. The minimum atomic E-state index is -0.366. The number of alkyl carbamates (subject to hydrolysis) is 1. The van der Waals surface area contributed by atoms with Crippen molar-refractivity contribution in [1.82, 2.24) is 10.2 Å². The van der Waals surface area contributed by atoms with Gasteiger partial charge in [0, 0.05) is 31.9 Å². The molecule has 1 aromatic rings. The average Bonchev–Trinajstić information content (AvgIpc) is 3.40. The second-order valence-electron chi connectivity index (χ2n) is 10.7. The van der Waals surface area contributed by atoms with E-state index in [0.717, 1.165) is 69.3 Å². The molecule has 2 unspecified atom stereocenters. The van der Waals surface area contributed by atoms with Gasteiger partial charge in [0.15, 0.2) is 0 Å². The van der Waals surface area contributed by atoms with Crippen molar-refractivity contribution in [3.05, 3.63) is 29.6 Å². The van der Waals surface area contributed by atoms with Crippen LogP contribution in [-0.4, -0.2) is 74.7 Å². The third kappa shape index (κ3) is 5.32. The Labute approximate surface area is 213 Å². The van der Waals surface area contributed by atoms with Gasteiger partial charge in [-0.15, -0.1) is 0 Å². The van der Waals surface area contributed by atoms with Crippen molar-refractivity contribution in [2.75, 3.05) is 44.4 Å². The van der Waals surface area contributed by atoms with Crippen molar-refractivity contribution in [3.63, 3.8) is 0 Å². The van der Waals surface area contributed by atoms with E-state index in [1.807, 2.05) is 6.92 Å². The first-order chi connectivity index (χ1) is 17.5. The van der Waals surface area contributed by atoms with Crippen LogP contribution in [0.1, 0.15) is 65.3 Å². The summed E-state index contributed by atoms with van der Waals surface area (Å²) in [5.41, 5.74) is 1.42. The molecule has 1 saturated carbocycles. The summed E-state index contributed by atoms with van der Waals surface area (Å²) >= 11 is 0. The fourth-order valence-corrected chi connectivity index (χ4v) is 6.50. The van der Waals surface area contributed by atoms with Crippen LogP contribution in [0.25, 0.3) is 0 Å². The second kappa shape index (κ2) is 10.9. The minimum Gasteiger partial charge on any atom is -0.450 e. The minimum absolute atomic E-state index is 0. The number of piperidine rings is 1. The van der Waals surface area contributed by atoms with Crippen LogP contribution in [0.4, 0.5) is 19.7 Å². The molecular weight excluding hydrogens is 465 g/mol. The van der Waals surface area contributed by atoms with Crippen LogP contribution in [0.2, 0.25) is 0 Å². The van der Waals surface area contributed by atoms with E-state index >= 15 is 0 Å². The highest BCUT2D eigenvalue weighted by Gasteiger charge is 2.48. The molecule has 3 atom stereocenters. The number of carbonyl (C=O) groups excluding carboxylic acids is 2. The summed E-state index contributed by atoms with van der Waals surface area (Å²) in [5.74, 6) is -0.272. The Kier molecular flexibility index (Phi) is 7.67. The highest BCUT2D eigenvalue weighted by molar-refractivity contribution is 5.91. The summed E-state index contributed by atoms with van der Waals surface area (Å²) in [6, 6.07) is 5.28. The maximum Gasteiger partial charge on any atom is 0.414 e. The molecule has 1 spiro atoms. The zero-order valence-electron chi connectivity index (χ0n) is 21.2. The van der Waals surface area contributed by atoms with E-state index in [-0.39, 0.29) is 37.0 Å². The standard InChI is InChI=1S/C27H38FN3O5.H2/c1-2-35-25(32)29-20-5-3-4-6-21(16-20)30-12-10-27(11-13-30)18-31(24-8-7-19(28)15-23(24)27)26(33)36-22-9-14-34-17-22;/h7-8,15,20-22H,2-6,9-14,16-18H2,1H3,(H,29,32);1H/t20?,21?,22-;/m1./s1. The zero-order chi connectivity index (χ0) is 25.1. The number of rotatable bonds is 4. The van der Waals surface area contributed by atoms with Crippen LogP contribution in [0, 0.1) is 5.82 Å². The zero-order valence-corrected chi connectivity index (χ0v) is 21.2. The second-order valence-corrected chi connectivity index (χ2v) is 10.7. The lowest BCUT2D eigenvalue weighted by Crippen LogP contribution is -2.50. The van der Waals surface area contributed by atoms with Crippen molar-refractivity contribution in [1.29, 1.82) is 0 Å². The molecule has 1 aromatic carbocycles. The molecule has 0 radical (unpaired) electrons. The topological polar surface area (TPSA) is 80.3 Å². The van der Waals surface area contributed by atoms with Gasteiger partial charge in [-0.25, -0.2) is 14.0 Å². The van der Waals surface area contributed by atoms with Crippen molar-refractivity contribution >= 4 is 17.9 Å². The van der Waals surface area contributed by atoms with Gasteiger partial charge in [-0.05, 0) is 75.9 Å². The number of fused-ring (bicyclic) bond motifs is 2. The summed E-state index contributed by atoms with van der Waals surface area (Å²) < 4.78 is 30.5. The quantitative estimate of drug-likeness (QED) is 0.603. The first kappa shape index (κ1) is 25.3. The molecule has 2 saturated heterocycles. The molecule has 5 rings (SSSR count). The first-order valence-corrected chi connectivity index (χ1v) is 13.5. The fraction of sp³-hybridized carbons (Fsp3) is 0.704. The van der Waals surface area contributed by atoms with Crippen LogP contribution < -0.4 is 10.2 Å². The molecule has 36 heavy (non-hydrogen) atoms. The van der Waals surface area contributed by atoms with E-state index in [0.29, 0.717) is 38.8 Å². The number of carbonyl (C=O) groups is 2. The third-order valence-corrected chi connectivity index (χ3v) is 8.42. The molecule has 1 aliphatic carbocycles. The number of nitrogens with one attached hydrogen (secondary N) is 1. The maximum absolute atomic E-state index is 14.4. The Bertz CT molecular complexity index is 952. The molecule has 1 N–H and O–H groups in total. The molecule has 8 nitrogen and oxygen atoms in total. The Morgan fingerprint density at radius 3 is 2.78 bits per heavy atom. The molecule has 0 aromatic heterocycles. The first-order valence-electron chi connectivity index (χ1n) is 13.5. The van der Waals surface area contributed by atoms with Gasteiger partial charge in [-0.1, -0.05) is 12.8 Å². The van der Waals surface area contributed by atoms with Crippen molar-refractivity contribution in [2.24, 2.45) is 0 Å². The van der Waals surface area contributed by atoms with E-state index in [1.165, 1.54) is 6.07 Å². The van der Waals surface area contributed by atoms with Crippen LogP contribution in [0.15, 0.2) is 18.2 Å². The molecule has 3 fully saturated rings. The lowest BCUT2D eigenvalue weighted by Gasteiger charge is -2.43. The number of halogens is 1. The largest absolute Gasteiger partial charge is 0.450 e. The number of hydrogen-bond acceptors (Lipinski definition) is 6. The fourth-order valence-electron chi connectivity index (χ4n) is 6.50. The Morgan fingerprint density at radius 1 is 1.22 bits per heavy atom. The number of likely N-dealkylation sites (tertiary alicyclic amines) is 1. The van der Waals surface area contributed by atoms with Gasteiger partial charge in [-0.2, -0.15) is 0 Å². The normalized spacial score (nSPS) is 27.9. The van der Waals surface area contributed by atoms with E-state index < -0.39 is 0 Å². The number of anilines is 1. The van der Waals surface area contributed by atoms with E-state index in [1.54, 1.807) is 17.0 Å². The average molecular weight is 506 g/mol. The van der Waals surface area contributed by atoms with Gasteiger partial charge >= 0.3 is 12.2 Å². The Hall–Kier alpha value is -2.39. The van der Waals surface area contributed by atoms with Gasteiger partial charge in [0.1, 0.15) is 11.9 Å². The van der Waals surface area contributed by atoms with Gasteiger partial charge in [-0.3, -0.25) is 4.90 Å². The summed E-state index contributed by atoms with van der Waals surface area (Å²) in [5, 5.41) is 3.05. The molecule has 3 heterocycles. The monoisotopic (exact) mass is 505 g/mol. The highest BCUT2D eigenvalue weighted by Crippen LogP contribution is 2.48. The van der Waals surface area contributed by atoms with Crippen LogP contribution in [-0.2, 0) is 19.6 Å². The van der Waals surface area contributed by atoms with Crippen molar-refractivity contribution in [3.8, 4) is 0 Å². The number of amides is 2. The molecule has 200 valence electrons. The Balaban J connectivity index is 0.00000320. The van der Waals surface area contributed by atoms with Crippen molar-refractivity contribution in [2.45, 2.75) is 81.9 Å². The summed E-state index contributed by atoms with van der Waals surface area (Å²) in [4.78, 5) is 29.3. The van der Waals surface area contributed by atoms with Crippen LogP contribution in [0.5, 0.6) is 0 Å².